The van der Waals surface area contributed by atoms with Gasteiger partial charge in [0.05, 0.1) is 18.6 Å². The summed E-state index contributed by atoms with van der Waals surface area (Å²) in [5, 5.41) is 9.33. The average molecular weight is 172 g/mol. The summed E-state index contributed by atoms with van der Waals surface area (Å²) < 4.78 is 4.73. The molecule has 0 aromatic rings. The largest absolute Gasteiger partial charge is 0.469 e. The number of aliphatic hydroxyl groups excluding tert-OH is 1. The van der Waals surface area contributed by atoms with Crippen LogP contribution in [0, 0.1) is 5.41 Å². The Kier molecular flexibility index (Phi) is 2.73. The van der Waals surface area contributed by atoms with Gasteiger partial charge in [0, 0.05) is 0 Å². The van der Waals surface area contributed by atoms with Gasteiger partial charge in [-0.25, -0.2) is 0 Å². The molecule has 70 valence electrons. The Bertz CT molecular complexity index is 179. The third-order valence-electron chi connectivity index (χ3n) is 2.88. The number of hydrogen-bond donors (Lipinski definition) is 1. The van der Waals surface area contributed by atoms with Crippen molar-refractivity contribution in [1.82, 2.24) is 0 Å². The molecule has 1 saturated carbocycles. The van der Waals surface area contributed by atoms with Crippen molar-refractivity contribution in [2.45, 2.75) is 38.7 Å². The minimum atomic E-state index is -0.395. The Morgan fingerprint density at radius 3 is 2.75 bits per heavy atom. The van der Waals surface area contributed by atoms with Gasteiger partial charge >= 0.3 is 5.97 Å². The molecule has 0 spiro atoms. The van der Waals surface area contributed by atoms with E-state index >= 15 is 0 Å². The Morgan fingerprint density at radius 1 is 1.75 bits per heavy atom. The topological polar surface area (TPSA) is 46.5 Å². The summed E-state index contributed by atoms with van der Waals surface area (Å²) in [5.41, 5.74) is -0.395. The third kappa shape index (κ3) is 1.46. The molecule has 1 aliphatic carbocycles. The van der Waals surface area contributed by atoms with Crippen LogP contribution in [0.3, 0.4) is 0 Å². The maximum Gasteiger partial charge on any atom is 0.311 e. The molecule has 12 heavy (non-hydrogen) atoms. The number of rotatable bonds is 2. The van der Waals surface area contributed by atoms with E-state index in [9.17, 15) is 9.90 Å². The van der Waals surface area contributed by atoms with Crippen LogP contribution in [0.25, 0.3) is 0 Å². The first-order valence-electron chi connectivity index (χ1n) is 4.41. The first-order valence-corrected chi connectivity index (χ1v) is 4.41. The van der Waals surface area contributed by atoms with Crippen LogP contribution in [0.1, 0.15) is 32.6 Å². The molecule has 1 rings (SSSR count). The molecule has 0 aliphatic heterocycles. The molecule has 0 aromatic carbocycles. The summed E-state index contributed by atoms with van der Waals surface area (Å²) in [6, 6.07) is 0. The van der Waals surface area contributed by atoms with Crippen molar-refractivity contribution in [3.05, 3.63) is 0 Å². The second-order valence-corrected chi connectivity index (χ2v) is 3.52. The van der Waals surface area contributed by atoms with Crippen LogP contribution in [0.4, 0.5) is 0 Å². The molecule has 1 fully saturated rings. The molecule has 0 amide bonds. The van der Waals surface area contributed by atoms with Crippen LogP contribution >= 0.6 is 0 Å². The van der Waals surface area contributed by atoms with E-state index < -0.39 is 5.41 Å². The Morgan fingerprint density at radius 2 is 2.42 bits per heavy atom. The normalized spacial score (nSPS) is 35.1. The predicted molar refractivity (Wildman–Crippen MR) is 44.6 cm³/mol. The highest BCUT2D eigenvalue weighted by atomic mass is 16.5. The zero-order chi connectivity index (χ0) is 9.19. The van der Waals surface area contributed by atoms with Gasteiger partial charge < -0.3 is 9.84 Å². The summed E-state index contributed by atoms with van der Waals surface area (Å²) in [4.78, 5) is 11.4. The molecular weight excluding hydrogens is 156 g/mol. The number of carbonyl (C=O) groups is 1. The van der Waals surface area contributed by atoms with Crippen molar-refractivity contribution >= 4 is 5.97 Å². The molecule has 0 bridgehead atoms. The zero-order valence-electron chi connectivity index (χ0n) is 7.67. The molecule has 3 nitrogen and oxygen atoms in total. The Balaban J connectivity index is 2.70. The Labute approximate surface area is 72.7 Å². The molecule has 0 radical (unpaired) electrons. The summed E-state index contributed by atoms with van der Waals surface area (Å²) in [6.07, 6.45) is 2.50. The van der Waals surface area contributed by atoms with Crippen LogP contribution in [0.2, 0.25) is 0 Å². The number of aliphatic hydroxyl groups is 1. The van der Waals surface area contributed by atoms with Gasteiger partial charge in [0.25, 0.3) is 0 Å². The predicted octanol–water partition coefficient (Wildman–Crippen LogP) is 1.10. The van der Waals surface area contributed by atoms with E-state index in [-0.39, 0.29) is 12.1 Å². The molecule has 1 N–H and O–H groups in total. The van der Waals surface area contributed by atoms with Crippen molar-refractivity contribution in [2.75, 3.05) is 7.11 Å². The monoisotopic (exact) mass is 172 g/mol. The molecule has 0 aromatic heterocycles. The first kappa shape index (κ1) is 9.52. The molecule has 0 heterocycles. The lowest BCUT2D eigenvalue weighted by molar-refractivity contribution is -0.153. The smallest absolute Gasteiger partial charge is 0.311 e. The van der Waals surface area contributed by atoms with Crippen LogP contribution in [0.15, 0.2) is 0 Å². The first-order chi connectivity index (χ1) is 5.64. The highest BCUT2D eigenvalue weighted by Crippen LogP contribution is 2.41. The standard InChI is InChI=1S/C9H16O3/c1-3-9(8(11)12-2)5-4-7(10)6-9/h7,10H,3-6H2,1-2H3/t7-,9-/m0/s1. The lowest BCUT2D eigenvalue weighted by atomic mass is 9.83. The molecule has 0 saturated heterocycles. The van der Waals surface area contributed by atoms with Crippen LogP contribution in [-0.2, 0) is 9.53 Å². The quantitative estimate of drug-likeness (QED) is 0.634. The highest BCUT2D eigenvalue weighted by Gasteiger charge is 2.44. The van der Waals surface area contributed by atoms with E-state index in [1.165, 1.54) is 7.11 Å². The maximum absolute atomic E-state index is 11.4. The van der Waals surface area contributed by atoms with Crippen LogP contribution in [-0.4, -0.2) is 24.3 Å². The van der Waals surface area contributed by atoms with Gasteiger partial charge in [-0.05, 0) is 25.7 Å². The van der Waals surface area contributed by atoms with E-state index in [4.69, 9.17) is 4.74 Å². The number of carbonyl (C=O) groups excluding carboxylic acids is 1. The number of methoxy groups -OCH3 is 1. The second kappa shape index (κ2) is 3.44. The minimum absolute atomic E-state index is 0.165. The zero-order valence-corrected chi connectivity index (χ0v) is 7.67. The highest BCUT2D eigenvalue weighted by molar-refractivity contribution is 5.77. The number of hydrogen-bond acceptors (Lipinski definition) is 3. The van der Waals surface area contributed by atoms with E-state index in [2.05, 4.69) is 0 Å². The van der Waals surface area contributed by atoms with Gasteiger partial charge in [0.15, 0.2) is 0 Å². The summed E-state index contributed by atoms with van der Waals surface area (Å²) >= 11 is 0. The van der Waals surface area contributed by atoms with E-state index in [1.807, 2.05) is 6.92 Å². The van der Waals surface area contributed by atoms with Gasteiger partial charge in [-0.3, -0.25) is 4.79 Å². The van der Waals surface area contributed by atoms with Gasteiger partial charge in [0.1, 0.15) is 0 Å². The Hall–Kier alpha value is -0.570. The van der Waals surface area contributed by atoms with Gasteiger partial charge in [-0.1, -0.05) is 6.92 Å². The van der Waals surface area contributed by atoms with Crippen molar-refractivity contribution < 1.29 is 14.6 Å². The van der Waals surface area contributed by atoms with Crippen molar-refractivity contribution in [2.24, 2.45) is 5.41 Å². The summed E-state index contributed by atoms with van der Waals surface area (Å²) in [5.74, 6) is -0.165. The SMILES string of the molecule is CC[C@]1(C(=O)OC)CC[C@H](O)C1. The summed E-state index contributed by atoms with van der Waals surface area (Å²) in [7, 11) is 1.41. The van der Waals surface area contributed by atoms with Gasteiger partial charge in [-0.2, -0.15) is 0 Å². The van der Waals surface area contributed by atoms with Crippen molar-refractivity contribution in [3.8, 4) is 0 Å². The van der Waals surface area contributed by atoms with Crippen LogP contribution < -0.4 is 0 Å². The van der Waals surface area contributed by atoms with Crippen LogP contribution in [0.5, 0.6) is 0 Å². The minimum Gasteiger partial charge on any atom is -0.469 e. The lowest BCUT2D eigenvalue weighted by Crippen LogP contribution is -2.29. The lowest BCUT2D eigenvalue weighted by Gasteiger charge is -2.23. The van der Waals surface area contributed by atoms with Crippen molar-refractivity contribution in [1.29, 1.82) is 0 Å². The fourth-order valence-corrected chi connectivity index (χ4v) is 1.97. The fraction of sp³-hybridized carbons (Fsp3) is 0.889. The second-order valence-electron chi connectivity index (χ2n) is 3.52. The summed E-state index contributed by atoms with van der Waals surface area (Å²) in [6.45, 7) is 1.97. The molecule has 2 atom stereocenters. The van der Waals surface area contributed by atoms with E-state index in [0.717, 1.165) is 19.3 Å². The van der Waals surface area contributed by atoms with Gasteiger partial charge in [0.2, 0.25) is 0 Å². The van der Waals surface area contributed by atoms with E-state index in [0.29, 0.717) is 6.42 Å². The maximum atomic E-state index is 11.4. The fourth-order valence-electron chi connectivity index (χ4n) is 1.97. The van der Waals surface area contributed by atoms with Crippen molar-refractivity contribution in [3.63, 3.8) is 0 Å². The molecule has 3 heteroatoms. The van der Waals surface area contributed by atoms with E-state index in [1.54, 1.807) is 0 Å². The molecule has 0 unspecified atom stereocenters. The van der Waals surface area contributed by atoms with Gasteiger partial charge in [-0.15, -0.1) is 0 Å². The number of esters is 1. The average Bonchev–Trinajstić information content (AvgIpc) is 2.47. The molecule has 1 aliphatic rings. The number of ether oxygens (including phenoxy) is 1. The third-order valence-corrected chi connectivity index (χ3v) is 2.88. The molecular formula is C9H16O3.